The topological polar surface area (TPSA) is 77.0 Å². The third-order valence-electron chi connectivity index (χ3n) is 3.95. The highest BCUT2D eigenvalue weighted by Gasteiger charge is 2.17. The normalized spacial score (nSPS) is 10.8. The van der Waals surface area contributed by atoms with Crippen molar-refractivity contribution in [3.63, 3.8) is 0 Å². The summed E-state index contributed by atoms with van der Waals surface area (Å²) in [6.45, 7) is 6.82. The van der Waals surface area contributed by atoms with E-state index in [4.69, 9.17) is 5.84 Å². The van der Waals surface area contributed by atoms with Gasteiger partial charge in [-0.15, -0.1) is 0 Å². The molecule has 1 aromatic carbocycles. The first-order valence-electron chi connectivity index (χ1n) is 8.11. The standard InChI is InChI=1S/C17H25N5O/c1-5-11-22(18)16-19-15(21(4)17(23)20-16)14-12(6-2)9-8-10-13(14)7-3/h8-10H,5-7,11,18H2,1-4H3. The van der Waals surface area contributed by atoms with E-state index < -0.39 is 0 Å². The Hall–Kier alpha value is -2.21. The molecule has 0 aliphatic carbocycles. The molecule has 0 saturated heterocycles. The van der Waals surface area contributed by atoms with Gasteiger partial charge in [-0.2, -0.15) is 9.97 Å². The zero-order valence-corrected chi connectivity index (χ0v) is 14.3. The summed E-state index contributed by atoms with van der Waals surface area (Å²) < 4.78 is 1.50. The molecule has 0 unspecified atom stereocenters. The Morgan fingerprint density at radius 2 is 1.74 bits per heavy atom. The van der Waals surface area contributed by atoms with Crippen LogP contribution < -0.4 is 16.5 Å². The predicted molar refractivity (Wildman–Crippen MR) is 93.3 cm³/mol. The largest absolute Gasteiger partial charge is 0.352 e. The van der Waals surface area contributed by atoms with E-state index in [0.29, 0.717) is 12.4 Å². The first-order valence-corrected chi connectivity index (χ1v) is 8.11. The molecule has 124 valence electrons. The minimum Gasteiger partial charge on any atom is -0.279 e. The van der Waals surface area contributed by atoms with Crippen LogP contribution in [0.2, 0.25) is 0 Å². The minimum atomic E-state index is -0.343. The molecule has 1 heterocycles. The Morgan fingerprint density at radius 3 is 2.26 bits per heavy atom. The lowest BCUT2D eigenvalue weighted by atomic mass is 9.97. The summed E-state index contributed by atoms with van der Waals surface area (Å²) in [4.78, 5) is 20.8. The quantitative estimate of drug-likeness (QED) is 0.652. The predicted octanol–water partition coefficient (Wildman–Crippen LogP) is 2.06. The number of aromatic nitrogens is 3. The highest BCUT2D eigenvalue weighted by molar-refractivity contribution is 5.66. The van der Waals surface area contributed by atoms with E-state index in [1.807, 2.05) is 13.0 Å². The molecule has 1 aromatic heterocycles. The lowest BCUT2D eigenvalue weighted by molar-refractivity contribution is 0.724. The van der Waals surface area contributed by atoms with E-state index in [1.165, 1.54) is 20.7 Å². The van der Waals surface area contributed by atoms with Gasteiger partial charge in [0.1, 0.15) is 5.82 Å². The van der Waals surface area contributed by atoms with E-state index in [-0.39, 0.29) is 11.6 Å². The molecule has 0 aliphatic rings. The van der Waals surface area contributed by atoms with Crippen molar-refractivity contribution in [1.82, 2.24) is 14.5 Å². The van der Waals surface area contributed by atoms with E-state index in [2.05, 4.69) is 35.9 Å². The molecular weight excluding hydrogens is 290 g/mol. The van der Waals surface area contributed by atoms with Crippen LogP contribution in [-0.2, 0) is 19.9 Å². The van der Waals surface area contributed by atoms with Crippen LogP contribution >= 0.6 is 0 Å². The number of benzene rings is 1. The maximum atomic E-state index is 12.3. The SMILES string of the molecule is CCCN(N)c1nc(-c2c(CC)cccc2CC)n(C)c(=O)n1. The molecule has 0 saturated carbocycles. The van der Waals surface area contributed by atoms with Crippen LogP contribution in [0.15, 0.2) is 23.0 Å². The number of rotatable bonds is 6. The van der Waals surface area contributed by atoms with Crippen LogP contribution in [0.3, 0.4) is 0 Å². The Kier molecular flexibility index (Phi) is 5.50. The summed E-state index contributed by atoms with van der Waals surface area (Å²) in [5, 5.41) is 1.44. The number of nitrogens with two attached hydrogens (primary N) is 1. The minimum absolute atomic E-state index is 0.276. The smallest absolute Gasteiger partial charge is 0.279 e. The third kappa shape index (κ3) is 3.42. The van der Waals surface area contributed by atoms with Crippen molar-refractivity contribution < 1.29 is 0 Å². The number of hydrogen-bond acceptors (Lipinski definition) is 5. The van der Waals surface area contributed by atoms with Gasteiger partial charge in [0, 0.05) is 19.2 Å². The zero-order valence-electron chi connectivity index (χ0n) is 14.3. The van der Waals surface area contributed by atoms with Gasteiger partial charge in [0.2, 0.25) is 5.95 Å². The third-order valence-corrected chi connectivity index (χ3v) is 3.95. The fraction of sp³-hybridized carbons (Fsp3) is 0.471. The molecule has 0 spiro atoms. The van der Waals surface area contributed by atoms with Crippen molar-refractivity contribution in [3.05, 3.63) is 39.8 Å². The van der Waals surface area contributed by atoms with Gasteiger partial charge >= 0.3 is 5.69 Å². The molecule has 2 rings (SSSR count). The molecule has 23 heavy (non-hydrogen) atoms. The molecule has 0 aliphatic heterocycles. The van der Waals surface area contributed by atoms with Gasteiger partial charge < -0.3 is 0 Å². The first-order chi connectivity index (χ1) is 11.0. The van der Waals surface area contributed by atoms with Crippen LogP contribution in [0.5, 0.6) is 0 Å². The fourth-order valence-electron chi connectivity index (χ4n) is 2.67. The molecule has 2 N–H and O–H groups in total. The van der Waals surface area contributed by atoms with Gasteiger partial charge in [-0.25, -0.2) is 10.6 Å². The molecule has 2 aromatic rings. The van der Waals surface area contributed by atoms with Crippen molar-refractivity contribution in [2.24, 2.45) is 12.9 Å². The lowest BCUT2D eigenvalue weighted by Gasteiger charge is -2.19. The first kappa shape index (κ1) is 17.1. The van der Waals surface area contributed by atoms with Gasteiger partial charge in [0.15, 0.2) is 0 Å². The number of aryl methyl sites for hydroxylation is 2. The number of hydrazine groups is 1. The highest BCUT2D eigenvalue weighted by Crippen LogP contribution is 2.27. The zero-order chi connectivity index (χ0) is 17.0. The molecule has 0 bridgehead atoms. The summed E-state index contributed by atoms with van der Waals surface area (Å²) in [5.74, 6) is 6.87. The molecular formula is C17H25N5O. The molecule has 0 radical (unpaired) electrons. The summed E-state index contributed by atoms with van der Waals surface area (Å²) >= 11 is 0. The molecule has 6 heteroatoms. The average Bonchev–Trinajstić information content (AvgIpc) is 2.56. The highest BCUT2D eigenvalue weighted by atomic mass is 16.1. The van der Waals surface area contributed by atoms with Gasteiger partial charge in [0.25, 0.3) is 0 Å². The summed E-state index contributed by atoms with van der Waals surface area (Å²) in [7, 11) is 1.70. The maximum Gasteiger partial charge on any atom is 0.352 e. The van der Waals surface area contributed by atoms with Gasteiger partial charge in [0.05, 0.1) is 0 Å². The van der Waals surface area contributed by atoms with Crippen molar-refractivity contribution in [1.29, 1.82) is 0 Å². The Labute approximate surface area is 137 Å². The Morgan fingerprint density at radius 1 is 1.13 bits per heavy atom. The second-order valence-corrected chi connectivity index (χ2v) is 5.54. The molecule has 0 amide bonds. The average molecular weight is 315 g/mol. The van der Waals surface area contributed by atoms with Crippen molar-refractivity contribution >= 4 is 5.95 Å². The van der Waals surface area contributed by atoms with Crippen molar-refractivity contribution in [2.45, 2.75) is 40.0 Å². The number of hydrogen-bond donors (Lipinski definition) is 1. The van der Waals surface area contributed by atoms with Crippen LogP contribution in [0.25, 0.3) is 11.4 Å². The van der Waals surface area contributed by atoms with Crippen molar-refractivity contribution in [3.8, 4) is 11.4 Å². The number of nitrogens with zero attached hydrogens (tertiary/aromatic N) is 4. The second kappa shape index (κ2) is 7.37. The fourth-order valence-corrected chi connectivity index (χ4v) is 2.67. The Bertz CT molecular complexity index is 716. The van der Waals surface area contributed by atoms with Crippen LogP contribution in [0.4, 0.5) is 5.95 Å². The van der Waals surface area contributed by atoms with E-state index >= 15 is 0 Å². The summed E-state index contributed by atoms with van der Waals surface area (Å²) in [5.41, 5.74) is 3.02. The van der Waals surface area contributed by atoms with E-state index in [0.717, 1.165) is 24.8 Å². The summed E-state index contributed by atoms with van der Waals surface area (Å²) in [6.07, 6.45) is 2.60. The van der Waals surface area contributed by atoms with Gasteiger partial charge in [-0.1, -0.05) is 39.0 Å². The maximum absolute atomic E-state index is 12.3. The van der Waals surface area contributed by atoms with Crippen molar-refractivity contribution in [2.75, 3.05) is 11.6 Å². The van der Waals surface area contributed by atoms with E-state index in [9.17, 15) is 4.79 Å². The van der Waals surface area contributed by atoms with E-state index in [1.54, 1.807) is 7.05 Å². The molecule has 0 atom stereocenters. The van der Waals surface area contributed by atoms with Gasteiger partial charge in [-0.3, -0.25) is 9.58 Å². The second-order valence-electron chi connectivity index (χ2n) is 5.54. The van der Waals surface area contributed by atoms with Gasteiger partial charge in [-0.05, 0) is 30.4 Å². The van der Waals surface area contributed by atoms with Crippen LogP contribution in [0, 0.1) is 0 Å². The molecule has 0 fully saturated rings. The number of anilines is 1. The Balaban J connectivity index is 2.71. The summed E-state index contributed by atoms with van der Waals surface area (Å²) in [6, 6.07) is 6.20. The van der Waals surface area contributed by atoms with Crippen LogP contribution in [0.1, 0.15) is 38.3 Å². The van der Waals surface area contributed by atoms with Crippen LogP contribution in [-0.4, -0.2) is 21.1 Å². The monoisotopic (exact) mass is 315 g/mol. The molecule has 6 nitrogen and oxygen atoms in total. The lowest BCUT2D eigenvalue weighted by Crippen LogP contribution is -2.36.